The summed E-state index contributed by atoms with van der Waals surface area (Å²) in [5.74, 6) is 0.484. The molecule has 2 heterocycles. The van der Waals surface area contributed by atoms with Gasteiger partial charge in [-0.2, -0.15) is 18.4 Å². The molecule has 2 saturated heterocycles. The highest BCUT2D eigenvalue weighted by atomic mass is 19.4. The van der Waals surface area contributed by atoms with Crippen molar-refractivity contribution >= 4 is 17.5 Å². The summed E-state index contributed by atoms with van der Waals surface area (Å²) < 4.78 is 40.7. The molecule has 190 valence electrons. The van der Waals surface area contributed by atoms with Crippen molar-refractivity contribution in [3.63, 3.8) is 0 Å². The average molecular weight is 491 g/mol. The highest BCUT2D eigenvalue weighted by Crippen LogP contribution is 2.47. The molecule has 1 N–H and O–H groups in total. The minimum atomic E-state index is -4.64. The molecule has 2 aliphatic heterocycles. The number of rotatable bonds is 6. The number of alkyl halides is 3. The molecular weight excluding hydrogens is 457 g/mol. The van der Waals surface area contributed by atoms with Crippen molar-refractivity contribution in [2.45, 2.75) is 52.1 Å². The van der Waals surface area contributed by atoms with Gasteiger partial charge in [-0.1, -0.05) is 13.8 Å². The Hall–Kier alpha value is -2.76. The summed E-state index contributed by atoms with van der Waals surface area (Å²) in [6.07, 6.45) is -0.659. The number of carbonyl (C=O) groups excluding carboxylic acids is 2. The maximum absolute atomic E-state index is 13.6. The van der Waals surface area contributed by atoms with E-state index in [1.54, 1.807) is 6.07 Å². The van der Waals surface area contributed by atoms with E-state index in [-0.39, 0.29) is 23.7 Å². The second kappa shape index (κ2) is 9.71. The van der Waals surface area contributed by atoms with Gasteiger partial charge in [0.15, 0.2) is 0 Å². The Kier molecular flexibility index (Phi) is 7.03. The van der Waals surface area contributed by atoms with E-state index in [0.717, 1.165) is 18.9 Å². The minimum Gasteiger partial charge on any atom is -0.370 e. The van der Waals surface area contributed by atoms with Crippen molar-refractivity contribution in [1.82, 2.24) is 10.2 Å². The van der Waals surface area contributed by atoms with Gasteiger partial charge in [-0.05, 0) is 55.7 Å². The van der Waals surface area contributed by atoms with Gasteiger partial charge in [0.25, 0.3) is 0 Å². The lowest BCUT2D eigenvalue weighted by Crippen LogP contribution is -2.50. The molecule has 1 saturated carbocycles. The first-order valence-electron chi connectivity index (χ1n) is 12.4. The lowest BCUT2D eigenvalue weighted by atomic mass is 9.70. The first kappa shape index (κ1) is 25.3. The summed E-state index contributed by atoms with van der Waals surface area (Å²) in [5, 5.41) is 12.2. The quantitative estimate of drug-likeness (QED) is 0.649. The molecule has 3 fully saturated rings. The minimum absolute atomic E-state index is 0.0500. The average Bonchev–Trinajstić information content (AvgIpc) is 3.57. The van der Waals surface area contributed by atoms with Crippen molar-refractivity contribution in [2.75, 3.05) is 37.6 Å². The molecule has 1 atom stereocenters. The number of piperidine rings is 1. The van der Waals surface area contributed by atoms with E-state index < -0.39 is 22.7 Å². The number of nitrogens with zero attached hydrogens (tertiary/aromatic N) is 3. The maximum atomic E-state index is 13.6. The fourth-order valence-corrected chi connectivity index (χ4v) is 5.46. The first-order chi connectivity index (χ1) is 16.5. The normalized spacial score (nSPS) is 21.9. The van der Waals surface area contributed by atoms with Gasteiger partial charge in [-0.25, -0.2) is 0 Å². The lowest BCUT2D eigenvalue weighted by Gasteiger charge is -2.42. The zero-order valence-electron chi connectivity index (χ0n) is 20.3. The Morgan fingerprint density at radius 2 is 1.91 bits per heavy atom. The molecule has 1 aliphatic carbocycles. The Bertz CT molecular complexity index is 1000. The van der Waals surface area contributed by atoms with Gasteiger partial charge in [0, 0.05) is 50.2 Å². The Morgan fingerprint density at radius 1 is 1.23 bits per heavy atom. The van der Waals surface area contributed by atoms with Gasteiger partial charge >= 0.3 is 6.18 Å². The highest BCUT2D eigenvalue weighted by Gasteiger charge is 2.52. The van der Waals surface area contributed by atoms with Crippen molar-refractivity contribution in [1.29, 1.82) is 5.26 Å². The van der Waals surface area contributed by atoms with Gasteiger partial charge in [0.05, 0.1) is 23.1 Å². The van der Waals surface area contributed by atoms with Gasteiger partial charge < -0.3 is 15.1 Å². The van der Waals surface area contributed by atoms with Gasteiger partial charge in [0.1, 0.15) is 0 Å². The molecule has 1 aromatic carbocycles. The van der Waals surface area contributed by atoms with Crippen molar-refractivity contribution in [3.05, 3.63) is 29.3 Å². The SMILES string of the molecule is CC(C)CC(=O)N1CCC2(CC1)CN(c1ccc(C#N)c(C(F)(F)F)c1)CC2C(=O)NCC1CC1. The monoisotopic (exact) mass is 490 g/mol. The molecule has 4 rings (SSSR count). The van der Waals surface area contributed by atoms with Gasteiger partial charge in [-0.3, -0.25) is 9.59 Å². The number of nitrogens with one attached hydrogen (secondary N) is 1. The molecule has 2 amide bonds. The van der Waals surface area contributed by atoms with Crippen LogP contribution in [0.15, 0.2) is 18.2 Å². The third-order valence-electron chi connectivity index (χ3n) is 7.72. The van der Waals surface area contributed by atoms with Gasteiger partial charge in [0.2, 0.25) is 11.8 Å². The third-order valence-corrected chi connectivity index (χ3v) is 7.72. The van der Waals surface area contributed by atoms with Crippen molar-refractivity contribution in [3.8, 4) is 6.07 Å². The Labute approximate surface area is 204 Å². The van der Waals surface area contributed by atoms with Crippen molar-refractivity contribution < 1.29 is 22.8 Å². The molecule has 9 heteroatoms. The van der Waals surface area contributed by atoms with Crippen LogP contribution in [0, 0.1) is 34.5 Å². The summed E-state index contributed by atoms with van der Waals surface area (Å²) in [7, 11) is 0. The fourth-order valence-electron chi connectivity index (χ4n) is 5.46. The predicted octanol–water partition coefficient (Wildman–Crippen LogP) is 4.19. The topological polar surface area (TPSA) is 76.4 Å². The Balaban J connectivity index is 1.56. The van der Waals surface area contributed by atoms with E-state index in [4.69, 9.17) is 5.26 Å². The fraction of sp³-hybridized carbons (Fsp3) is 0.654. The number of benzene rings is 1. The molecule has 0 aromatic heterocycles. The number of nitriles is 1. The van der Waals surface area contributed by atoms with Crippen LogP contribution in [0.4, 0.5) is 18.9 Å². The molecule has 35 heavy (non-hydrogen) atoms. The van der Waals surface area contributed by atoms with Crippen LogP contribution < -0.4 is 10.2 Å². The number of amides is 2. The van der Waals surface area contributed by atoms with Crippen LogP contribution in [-0.2, 0) is 15.8 Å². The summed E-state index contributed by atoms with van der Waals surface area (Å²) in [6.45, 7) is 6.51. The largest absolute Gasteiger partial charge is 0.417 e. The number of hydrogen-bond acceptors (Lipinski definition) is 4. The van der Waals surface area contributed by atoms with E-state index in [0.29, 0.717) is 63.6 Å². The Morgan fingerprint density at radius 3 is 2.49 bits per heavy atom. The molecule has 1 spiro atoms. The van der Waals surface area contributed by atoms with E-state index in [9.17, 15) is 22.8 Å². The van der Waals surface area contributed by atoms with Crippen LogP contribution >= 0.6 is 0 Å². The number of carbonyl (C=O) groups is 2. The molecule has 1 aromatic rings. The number of hydrogen-bond donors (Lipinski definition) is 1. The number of halogens is 3. The van der Waals surface area contributed by atoms with E-state index in [2.05, 4.69) is 5.32 Å². The van der Waals surface area contributed by atoms with E-state index >= 15 is 0 Å². The highest BCUT2D eigenvalue weighted by molar-refractivity contribution is 5.82. The smallest absolute Gasteiger partial charge is 0.370 e. The maximum Gasteiger partial charge on any atom is 0.417 e. The predicted molar refractivity (Wildman–Crippen MR) is 125 cm³/mol. The lowest BCUT2D eigenvalue weighted by molar-refractivity contribution is -0.138. The zero-order chi connectivity index (χ0) is 25.4. The van der Waals surface area contributed by atoms with E-state index in [1.165, 1.54) is 12.1 Å². The van der Waals surface area contributed by atoms with Crippen molar-refractivity contribution in [2.24, 2.45) is 23.2 Å². The standard InChI is InChI=1S/C26H33F3N4O2/c1-17(2)11-23(34)32-9-7-25(8-10-32)16-33(15-22(25)24(35)31-14-18-3-4-18)20-6-5-19(13-30)21(12-20)26(27,28)29/h5-6,12,17-18,22H,3-4,7-11,14-16H2,1-2H3,(H,31,35). The molecule has 6 nitrogen and oxygen atoms in total. The molecular formula is C26H33F3N4O2. The summed E-state index contributed by atoms with van der Waals surface area (Å²) in [5.41, 5.74) is -1.41. The van der Waals surface area contributed by atoms with Crippen LogP contribution in [0.2, 0.25) is 0 Å². The zero-order valence-corrected chi connectivity index (χ0v) is 20.3. The molecule has 0 radical (unpaired) electrons. The third kappa shape index (κ3) is 5.57. The summed E-state index contributed by atoms with van der Waals surface area (Å²) in [4.78, 5) is 29.6. The van der Waals surface area contributed by atoms with Crippen LogP contribution in [0.1, 0.15) is 57.1 Å². The first-order valence-corrected chi connectivity index (χ1v) is 12.4. The van der Waals surface area contributed by atoms with Crippen LogP contribution in [0.25, 0.3) is 0 Å². The van der Waals surface area contributed by atoms with Gasteiger partial charge in [-0.15, -0.1) is 0 Å². The van der Waals surface area contributed by atoms with Crippen LogP contribution in [0.3, 0.4) is 0 Å². The summed E-state index contributed by atoms with van der Waals surface area (Å²) in [6, 6.07) is 5.39. The second-order valence-corrected chi connectivity index (χ2v) is 10.8. The number of anilines is 1. The second-order valence-electron chi connectivity index (χ2n) is 10.8. The molecule has 1 unspecified atom stereocenters. The van der Waals surface area contributed by atoms with E-state index in [1.807, 2.05) is 23.6 Å². The summed E-state index contributed by atoms with van der Waals surface area (Å²) >= 11 is 0. The van der Waals surface area contributed by atoms with Crippen LogP contribution in [0.5, 0.6) is 0 Å². The molecule has 3 aliphatic rings. The molecule has 0 bridgehead atoms. The number of likely N-dealkylation sites (tertiary alicyclic amines) is 1. The van der Waals surface area contributed by atoms with Crippen LogP contribution in [-0.4, -0.2) is 49.4 Å².